The van der Waals surface area contributed by atoms with Crippen LogP contribution in [0.25, 0.3) is 0 Å². The average Bonchev–Trinajstić information content (AvgIpc) is 2.97. The van der Waals surface area contributed by atoms with Gasteiger partial charge in [-0.1, -0.05) is 42.5 Å². The maximum absolute atomic E-state index is 13.1. The Morgan fingerprint density at radius 1 is 0.975 bits per heavy atom. The molecule has 9 nitrogen and oxygen atoms in total. The highest BCUT2D eigenvalue weighted by atomic mass is 31.2. The summed E-state index contributed by atoms with van der Waals surface area (Å²) in [4.78, 5) is 27.6. The van der Waals surface area contributed by atoms with Crippen LogP contribution < -0.4 is 11.1 Å². The third-order valence-corrected chi connectivity index (χ3v) is 9.07. The normalized spacial score (nSPS) is 15.4. The number of nitrogens with zero attached hydrogens (tertiary/aromatic N) is 1. The largest absolute Gasteiger partial charge is 0.378 e. The number of hydrogen-bond acceptors (Lipinski definition) is 7. The maximum Gasteiger partial charge on any atom is 0.330 e. The summed E-state index contributed by atoms with van der Waals surface area (Å²) in [6.07, 6.45) is 3.41. The van der Waals surface area contributed by atoms with Crippen molar-refractivity contribution in [3.8, 4) is 0 Å². The molecule has 0 aliphatic carbocycles. The molecule has 1 aliphatic heterocycles. The molecule has 1 aliphatic rings. The fourth-order valence-corrected chi connectivity index (χ4v) is 6.44. The molecule has 0 spiro atoms. The minimum Gasteiger partial charge on any atom is -0.378 e. The van der Waals surface area contributed by atoms with E-state index in [0.717, 1.165) is 18.4 Å². The summed E-state index contributed by atoms with van der Waals surface area (Å²) < 4.78 is 29.0. The Hall–Kier alpha value is -2.55. The van der Waals surface area contributed by atoms with Gasteiger partial charge in [0.2, 0.25) is 5.91 Å². The second-order valence-corrected chi connectivity index (χ2v) is 12.1. The van der Waals surface area contributed by atoms with E-state index in [2.05, 4.69) is 17.4 Å². The van der Waals surface area contributed by atoms with E-state index in [1.165, 1.54) is 5.56 Å². The smallest absolute Gasteiger partial charge is 0.330 e. The molecule has 220 valence electrons. The molecular formula is C30H44N3O6P. The highest BCUT2D eigenvalue weighted by Crippen LogP contribution is 2.48. The number of benzene rings is 2. The van der Waals surface area contributed by atoms with E-state index in [-0.39, 0.29) is 17.9 Å². The fraction of sp³-hybridized carbons (Fsp3) is 0.533. The number of nitrogens with one attached hydrogen (secondary N) is 1. The molecule has 2 atom stereocenters. The van der Waals surface area contributed by atoms with Crippen LogP contribution in [-0.2, 0) is 36.0 Å². The topological polar surface area (TPSA) is 120 Å². The van der Waals surface area contributed by atoms with Crippen molar-refractivity contribution < 1.29 is 27.9 Å². The van der Waals surface area contributed by atoms with Crippen LogP contribution in [-0.4, -0.2) is 74.5 Å². The standard InChI is InChI=1S/C30H44N3O6P/c1-3-38-40(36,39-4-2)22-8-11-27(17-14-24-9-6-5-7-10-24)32-29(34)28(31)23-25-12-15-26(16-13-25)30(35)33-18-20-37-21-19-33/h5-7,9-10,12-13,15-16,27-28H,3-4,8,11,14,17-23,31H2,1-2H3,(H,32,34)/t27-,28+/m1/s1. The van der Waals surface area contributed by atoms with Crippen molar-refractivity contribution in [3.05, 3.63) is 71.3 Å². The van der Waals surface area contributed by atoms with Crippen LogP contribution in [0.5, 0.6) is 0 Å². The Bertz CT molecular complexity index is 1080. The summed E-state index contributed by atoms with van der Waals surface area (Å²) in [6.45, 7) is 6.52. The Labute approximate surface area is 238 Å². The SMILES string of the molecule is CCOP(=O)(CCC[C@H](CCc1ccccc1)NC(=O)[C@@H](N)Cc1ccc(C(=O)N2CCOCC2)cc1)OCC. The summed E-state index contributed by atoms with van der Waals surface area (Å²) in [5.74, 6) is -0.249. The van der Waals surface area contributed by atoms with E-state index in [9.17, 15) is 14.2 Å². The van der Waals surface area contributed by atoms with Gasteiger partial charge in [-0.15, -0.1) is 0 Å². The average molecular weight is 574 g/mol. The molecule has 1 heterocycles. The zero-order valence-corrected chi connectivity index (χ0v) is 24.7. The Morgan fingerprint density at radius 3 is 2.25 bits per heavy atom. The first-order valence-corrected chi connectivity index (χ1v) is 16.0. The molecule has 3 N–H and O–H groups in total. The first-order chi connectivity index (χ1) is 19.3. The molecule has 40 heavy (non-hydrogen) atoms. The lowest BCUT2D eigenvalue weighted by molar-refractivity contribution is -0.123. The number of carbonyl (C=O) groups excluding carboxylic acids is 2. The molecule has 0 saturated carbocycles. The summed E-state index contributed by atoms with van der Waals surface area (Å²) in [5, 5.41) is 3.12. The second-order valence-electron chi connectivity index (χ2n) is 9.95. The molecule has 0 aromatic heterocycles. The number of rotatable bonds is 16. The van der Waals surface area contributed by atoms with E-state index in [1.807, 2.05) is 30.3 Å². The van der Waals surface area contributed by atoms with Crippen LogP contribution >= 0.6 is 7.60 Å². The lowest BCUT2D eigenvalue weighted by Gasteiger charge is -2.27. The monoisotopic (exact) mass is 573 g/mol. The number of morpholine rings is 1. The zero-order valence-electron chi connectivity index (χ0n) is 23.8. The molecule has 3 rings (SSSR count). The van der Waals surface area contributed by atoms with Gasteiger partial charge in [0, 0.05) is 24.7 Å². The molecule has 0 radical (unpaired) electrons. The quantitative estimate of drug-likeness (QED) is 0.289. The molecule has 2 aromatic carbocycles. The van der Waals surface area contributed by atoms with Crippen LogP contribution in [0.4, 0.5) is 0 Å². The Morgan fingerprint density at radius 2 is 1.62 bits per heavy atom. The summed E-state index contributed by atoms with van der Waals surface area (Å²) in [6, 6.07) is 16.5. The van der Waals surface area contributed by atoms with Crippen molar-refractivity contribution >= 4 is 19.4 Å². The van der Waals surface area contributed by atoms with Crippen LogP contribution in [0.15, 0.2) is 54.6 Å². The number of nitrogens with two attached hydrogens (primary N) is 1. The lowest BCUT2D eigenvalue weighted by Crippen LogP contribution is -2.46. The third kappa shape index (κ3) is 10.5. The number of aryl methyl sites for hydroxylation is 1. The van der Waals surface area contributed by atoms with E-state index < -0.39 is 13.6 Å². The fourth-order valence-electron chi connectivity index (χ4n) is 4.75. The van der Waals surface area contributed by atoms with Gasteiger partial charge in [-0.3, -0.25) is 14.2 Å². The minimum absolute atomic E-state index is 0.0172. The van der Waals surface area contributed by atoms with Gasteiger partial charge in [-0.05, 0) is 69.2 Å². The zero-order chi connectivity index (χ0) is 28.8. The second kappa shape index (κ2) is 16.7. The van der Waals surface area contributed by atoms with Gasteiger partial charge in [0.15, 0.2) is 0 Å². The van der Waals surface area contributed by atoms with Crippen LogP contribution in [0.3, 0.4) is 0 Å². The molecular weight excluding hydrogens is 529 g/mol. The van der Waals surface area contributed by atoms with Gasteiger partial charge >= 0.3 is 7.60 Å². The molecule has 0 bridgehead atoms. The first kappa shape index (κ1) is 32.0. The molecule has 2 amide bonds. The van der Waals surface area contributed by atoms with Gasteiger partial charge in [-0.2, -0.15) is 0 Å². The van der Waals surface area contributed by atoms with E-state index >= 15 is 0 Å². The van der Waals surface area contributed by atoms with Crippen molar-refractivity contribution in [2.75, 3.05) is 45.7 Å². The molecule has 10 heteroatoms. The molecule has 1 fully saturated rings. The third-order valence-electron chi connectivity index (χ3n) is 6.90. The first-order valence-electron chi connectivity index (χ1n) is 14.3. The van der Waals surface area contributed by atoms with E-state index in [4.69, 9.17) is 19.5 Å². The summed E-state index contributed by atoms with van der Waals surface area (Å²) in [5.41, 5.74) is 9.00. The van der Waals surface area contributed by atoms with E-state index in [0.29, 0.717) is 70.5 Å². The predicted molar refractivity (Wildman–Crippen MR) is 156 cm³/mol. The number of carbonyl (C=O) groups is 2. The van der Waals surface area contributed by atoms with Crippen molar-refractivity contribution in [1.29, 1.82) is 0 Å². The minimum atomic E-state index is -3.14. The van der Waals surface area contributed by atoms with Crippen molar-refractivity contribution in [1.82, 2.24) is 10.2 Å². The number of ether oxygens (including phenoxy) is 1. The number of amides is 2. The number of hydrogen-bond donors (Lipinski definition) is 2. The highest BCUT2D eigenvalue weighted by molar-refractivity contribution is 7.53. The Kier molecular flexibility index (Phi) is 13.3. The molecule has 1 saturated heterocycles. The van der Waals surface area contributed by atoms with Gasteiger partial charge in [-0.25, -0.2) is 0 Å². The molecule has 0 unspecified atom stereocenters. The lowest BCUT2D eigenvalue weighted by atomic mass is 10.00. The predicted octanol–water partition coefficient (Wildman–Crippen LogP) is 4.19. The summed E-state index contributed by atoms with van der Waals surface area (Å²) >= 11 is 0. The van der Waals surface area contributed by atoms with Gasteiger partial charge in [0.25, 0.3) is 5.91 Å². The van der Waals surface area contributed by atoms with Crippen LogP contribution in [0.2, 0.25) is 0 Å². The van der Waals surface area contributed by atoms with Crippen LogP contribution in [0, 0.1) is 0 Å². The summed E-state index contributed by atoms with van der Waals surface area (Å²) in [7, 11) is -3.14. The molecule has 2 aromatic rings. The highest BCUT2D eigenvalue weighted by Gasteiger charge is 2.25. The Balaban J connectivity index is 1.56. The van der Waals surface area contributed by atoms with Crippen molar-refractivity contribution in [2.24, 2.45) is 5.73 Å². The maximum atomic E-state index is 13.1. The van der Waals surface area contributed by atoms with Gasteiger partial charge < -0.3 is 29.7 Å². The van der Waals surface area contributed by atoms with Crippen molar-refractivity contribution in [3.63, 3.8) is 0 Å². The van der Waals surface area contributed by atoms with Gasteiger partial charge in [0.1, 0.15) is 0 Å². The van der Waals surface area contributed by atoms with E-state index in [1.54, 1.807) is 30.9 Å². The van der Waals surface area contributed by atoms with Gasteiger partial charge in [0.05, 0.1) is 38.6 Å². The van der Waals surface area contributed by atoms with Crippen LogP contribution in [0.1, 0.15) is 54.6 Å². The van der Waals surface area contributed by atoms with Crippen molar-refractivity contribution in [2.45, 2.75) is 58.0 Å².